The van der Waals surface area contributed by atoms with E-state index in [1.165, 1.54) is 31.3 Å². The molecule has 21 heavy (non-hydrogen) atoms. The lowest BCUT2D eigenvalue weighted by atomic mass is 10.1. The number of likely N-dealkylation sites (tertiary alicyclic amines) is 1. The summed E-state index contributed by atoms with van der Waals surface area (Å²) in [7, 11) is 2.93. The number of methoxy groups -OCH3 is 2. The molecule has 1 aliphatic rings. The van der Waals surface area contributed by atoms with Gasteiger partial charge in [-0.3, -0.25) is 4.79 Å². The molecule has 1 amide bonds. The van der Waals surface area contributed by atoms with Crippen molar-refractivity contribution in [3.8, 4) is 5.75 Å². The van der Waals surface area contributed by atoms with Crippen molar-refractivity contribution < 1.29 is 24.2 Å². The third-order valence-electron chi connectivity index (χ3n) is 3.54. The van der Waals surface area contributed by atoms with E-state index >= 15 is 0 Å². The van der Waals surface area contributed by atoms with E-state index in [0.29, 0.717) is 10.8 Å². The lowest BCUT2D eigenvalue weighted by Crippen LogP contribution is -2.40. The molecule has 0 saturated carbocycles. The molecule has 2 atom stereocenters. The van der Waals surface area contributed by atoms with Gasteiger partial charge in [0, 0.05) is 25.1 Å². The number of hydrogen-bond donors (Lipinski definition) is 1. The van der Waals surface area contributed by atoms with Gasteiger partial charge in [0.1, 0.15) is 11.8 Å². The van der Waals surface area contributed by atoms with Crippen molar-refractivity contribution in [2.24, 2.45) is 0 Å². The van der Waals surface area contributed by atoms with Gasteiger partial charge in [0.25, 0.3) is 5.91 Å². The molecule has 1 fully saturated rings. The maximum atomic E-state index is 12.6. The Balaban J connectivity index is 2.32. The number of carboxylic acids is 1. The van der Waals surface area contributed by atoms with E-state index in [9.17, 15) is 14.7 Å². The number of benzene rings is 1. The van der Waals surface area contributed by atoms with Crippen LogP contribution in [0.3, 0.4) is 0 Å². The fourth-order valence-electron chi connectivity index (χ4n) is 2.42. The summed E-state index contributed by atoms with van der Waals surface area (Å²) >= 11 is 5.87. The van der Waals surface area contributed by atoms with E-state index in [-0.39, 0.29) is 24.6 Å². The van der Waals surface area contributed by atoms with Crippen molar-refractivity contribution in [2.45, 2.75) is 18.6 Å². The van der Waals surface area contributed by atoms with Gasteiger partial charge in [0.2, 0.25) is 0 Å². The lowest BCUT2D eigenvalue weighted by molar-refractivity contribution is -0.141. The zero-order valence-corrected chi connectivity index (χ0v) is 12.5. The minimum absolute atomic E-state index is 0.234. The molecule has 7 heteroatoms. The topological polar surface area (TPSA) is 76.1 Å². The zero-order valence-electron chi connectivity index (χ0n) is 11.7. The number of ether oxygens (including phenoxy) is 2. The van der Waals surface area contributed by atoms with Crippen molar-refractivity contribution >= 4 is 23.5 Å². The second kappa shape index (κ2) is 6.32. The number of hydrogen-bond acceptors (Lipinski definition) is 4. The first-order valence-corrected chi connectivity index (χ1v) is 6.75. The van der Waals surface area contributed by atoms with Crippen LogP contribution in [-0.2, 0) is 9.53 Å². The highest BCUT2D eigenvalue weighted by Crippen LogP contribution is 2.28. The molecule has 0 aromatic heterocycles. The highest BCUT2D eigenvalue weighted by molar-refractivity contribution is 6.30. The van der Waals surface area contributed by atoms with Crippen molar-refractivity contribution in [1.29, 1.82) is 0 Å². The van der Waals surface area contributed by atoms with Crippen molar-refractivity contribution in [3.63, 3.8) is 0 Å². The fourth-order valence-corrected chi connectivity index (χ4v) is 2.59. The number of rotatable bonds is 4. The van der Waals surface area contributed by atoms with Gasteiger partial charge in [-0.1, -0.05) is 11.6 Å². The molecule has 114 valence electrons. The van der Waals surface area contributed by atoms with Crippen molar-refractivity contribution in [2.75, 3.05) is 20.8 Å². The summed E-state index contributed by atoms with van der Waals surface area (Å²) in [6.07, 6.45) is -0.0126. The minimum Gasteiger partial charge on any atom is -0.496 e. The van der Waals surface area contributed by atoms with E-state index < -0.39 is 17.9 Å². The number of aliphatic carboxylic acids is 1. The average Bonchev–Trinajstić information content (AvgIpc) is 2.91. The Hall–Kier alpha value is -1.79. The van der Waals surface area contributed by atoms with E-state index in [2.05, 4.69) is 0 Å². The first-order valence-electron chi connectivity index (χ1n) is 6.38. The summed E-state index contributed by atoms with van der Waals surface area (Å²) in [5, 5.41) is 9.70. The Kier molecular flexibility index (Phi) is 4.69. The second-order valence-corrected chi connectivity index (χ2v) is 5.19. The van der Waals surface area contributed by atoms with Gasteiger partial charge in [-0.05, 0) is 18.2 Å². The Morgan fingerprint density at radius 1 is 1.38 bits per heavy atom. The molecule has 2 rings (SSSR count). The van der Waals surface area contributed by atoms with E-state index in [1.807, 2.05) is 0 Å². The van der Waals surface area contributed by atoms with Crippen LogP contribution >= 0.6 is 11.6 Å². The van der Waals surface area contributed by atoms with Gasteiger partial charge in [-0.15, -0.1) is 0 Å². The van der Waals surface area contributed by atoms with Gasteiger partial charge in [-0.2, -0.15) is 0 Å². The molecular weight excluding hydrogens is 298 g/mol. The normalized spacial score (nSPS) is 21.4. The highest BCUT2D eigenvalue weighted by Gasteiger charge is 2.40. The van der Waals surface area contributed by atoms with Gasteiger partial charge in [0.15, 0.2) is 0 Å². The Morgan fingerprint density at radius 2 is 2.10 bits per heavy atom. The number of amides is 1. The fraction of sp³-hybridized carbons (Fsp3) is 0.429. The van der Waals surface area contributed by atoms with Crippen LogP contribution in [0.25, 0.3) is 0 Å². The number of nitrogens with zero attached hydrogens (tertiary/aromatic N) is 1. The molecule has 2 unspecified atom stereocenters. The predicted octanol–water partition coefficient (Wildman–Crippen LogP) is 1.66. The first-order chi connectivity index (χ1) is 9.97. The molecule has 1 aromatic carbocycles. The number of carboxylic acid groups (broad SMARTS) is 1. The number of carbonyl (C=O) groups is 2. The Morgan fingerprint density at radius 3 is 2.67 bits per heavy atom. The maximum absolute atomic E-state index is 12.6. The maximum Gasteiger partial charge on any atom is 0.326 e. The summed E-state index contributed by atoms with van der Waals surface area (Å²) < 4.78 is 10.3. The molecular formula is C14H16ClNO5. The summed E-state index contributed by atoms with van der Waals surface area (Å²) in [5.74, 6) is -1.14. The molecule has 0 radical (unpaired) electrons. The lowest BCUT2D eigenvalue weighted by Gasteiger charge is -2.22. The van der Waals surface area contributed by atoms with Crippen LogP contribution in [0.4, 0.5) is 0 Å². The Bertz CT molecular complexity index is 562. The van der Waals surface area contributed by atoms with Crippen molar-refractivity contribution in [3.05, 3.63) is 28.8 Å². The van der Waals surface area contributed by atoms with Crippen LogP contribution in [0.1, 0.15) is 16.8 Å². The average molecular weight is 314 g/mol. The molecule has 1 saturated heterocycles. The highest BCUT2D eigenvalue weighted by atomic mass is 35.5. The van der Waals surface area contributed by atoms with Gasteiger partial charge >= 0.3 is 5.97 Å². The van der Waals surface area contributed by atoms with Crippen LogP contribution in [0.2, 0.25) is 5.02 Å². The third kappa shape index (κ3) is 3.11. The first kappa shape index (κ1) is 15.6. The largest absolute Gasteiger partial charge is 0.496 e. The van der Waals surface area contributed by atoms with Gasteiger partial charge < -0.3 is 19.5 Å². The smallest absolute Gasteiger partial charge is 0.326 e. The standard InChI is InChI=1S/C14H16ClNO5/c1-20-9-6-11(14(18)19)16(7-9)13(17)10-4-3-8(15)5-12(10)21-2/h3-5,9,11H,6-7H2,1-2H3,(H,18,19). The number of carbonyl (C=O) groups excluding carboxylic acids is 1. The van der Waals surface area contributed by atoms with Gasteiger partial charge in [-0.25, -0.2) is 4.79 Å². The van der Waals surface area contributed by atoms with E-state index in [1.54, 1.807) is 6.07 Å². The summed E-state index contributed by atoms with van der Waals surface area (Å²) in [5.41, 5.74) is 0.282. The van der Waals surface area contributed by atoms with Crippen LogP contribution in [0.5, 0.6) is 5.75 Å². The predicted molar refractivity (Wildman–Crippen MR) is 75.9 cm³/mol. The van der Waals surface area contributed by atoms with Crippen LogP contribution in [-0.4, -0.2) is 54.8 Å². The Labute approximate surface area is 127 Å². The molecule has 6 nitrogen and oxygen atoms in total. The van der Waals surface area contributed by atoms with Crippen LogP contribution in [0, 0.1) is 0 Å². The molecule has 0 spiro atoms. The van der Waals surface area contributed by atoms with E-state index in [0.717, 1.165) is 0 Å². The SMILES string of the molecule is COc1cc(Cl)ccc1C(=O)N1CC(OC)CC1C(=O)O. The zero-order chi connectivity index (χ0) is 15.6. The summed E-state index contributed by atoms with van der Waals surface area (Å²) in [6, 6.07) is 3.72. The number of halogens is 1. The van der Waals surface area contributed by atoms with Crippen LogP contribution in [0.15, 0.2) is 18.2 Å². The molecule has 0 bridgehead atoms. The molecule has 1 aliphatic heterocycles. The second-order valence-electron chi connectivity index (χ2n) is 4.75. The van der Waals surface area contributed by atoms with Crippen molar-refractivity contribution in [1.82, 2.24) is 4.90 Å². The third-order valence-corrected chi connectivity index (χ3v) is 3.77. The van der Waals surface area contributed by atoms with Crippen LogP contribution < -0.4 is 4.74 Å². The summed E-state index contributed by atoms with van der Waals surface area (Å²) in [6.45, 7) is 0.234. The minimum atomic E-state index is -1.05. The quantitative estimate of drug-likeness (QED) is 0.915. The molecule has 1 N–H and O–H groups in total. The van der Waals surface area contributed by atoms with E-state index in [4.69, 9.17) is 21.1 Å². The molecule has 1 aromatic rings. The molecule has 1 heterocycles. The summed E-state index contributed by atoms with van der Waals surface area (Å²) in [4.78, 5) is 25.2. The monoisotopic (exact) mass is 313 g/mol. The molecule has 0 aliphatic carbocycles. The van der Waals surface area contributed by atoms with Gasteiger partial charge in [0.05, 0.1) is 18.8 Å².